The fourth-order valence-corrected chi connectivity index (χ4v) is 1.98. The minimum atomic E-state index is -0.859. The maximum absolute atomic E-state index is 11.8. The third kappa shape index (κ3) is 6.57. The highest BCUT2D eigenvalue weighted by Gasteiger charge is 2.18. The van der Waals surface area contributed by atoms with Gasteiger partial charge in [-0.15, -0.1) is 0 Å². The first-order chi connectivity index (χ1) is 9.28. The van der Waals surface area contributed by atoms with Crippen molar-refractivity contribution in [2.75, 3.05) is 20.2 Å². The van der Waals surface area contributed by atoms with Gasteiger partial charge in [0, 0.05) is 20.0 Å². The molecule has 0 radical (unpaired) electrons. The van der Waals surface area contributed by atoms with Crippen LogP contribution >= 0.6 is 0 Å². The highest BCUT2D eigenvalue weighted by molar-refractivity contribution is 5.75. The summed E-state index contributed by atoms with van der Waals surface area (Å²) in [5.74, 6) is 0.863. The van der Waals surface area contributed by atoms with E-state index in [9.17, 15) is 9.90 Å². The van der Waals surface area contributed by atoms with E-state index in [1.54, 1.807) is 25.8 Å². The van der Waals surface area contributed by atoms with Crippen molar-refractivity contribution in [2.45, 2.75) is 39.2 Å². The Morgan fingerprint density at radius 3 is 2.70 bits per heavy atom. The number of hydrogen-bond donors (Lipinski definition) is 1. The zero-order valence-electron chi connectivity index (χ0n) is 12.8. The molecule has 0 spiro atoms. The first-order valence-corrected chi connectivity index (χ1v) is 6.94. The number of ether oxygens (including phenoxy) is 1. The van der Waals surface area contributed by atoms with E-state index < -0.39 is 5.60 Å². The van der Waals surface area contributed by atoms with Crippen molar-refractivity contribution in [3.05, 3.63) is 29.8 Å². The molecule has 0 aromatic heterocycles. The summed E-state index contributed by atoms with van der Waals surface area (Å²) in [5, 5.41) is 9.66. The molecule has 112 valence electrons. The van der Waals surface area contributed by atoms with Gasteiger partial charge < -0.3 is 14.7 Å². The molecule has 0 atom stereocenters. The lowest BCUT2D eigenvalue weighted by Crippen LogP contribution is -2.39. The average molecular weight is 279 g/mol. The summed E-state index contributed by atoms with van der Waals surface area (Å²) >= 11 is 0. The second kappa shape index (κ2) is 7.29. The highest BCUT2D eigenvalue weighted by atomic mass is 16.5. The third-order valence-corrected chi connectivity index (χ3v) is 2.84. The van der Waals surface area contributed by atoms with Crippen LogP contribution in [-0.2, 0) is 4.79 Å². The van der Waals surface area contributed by atoms with Gasteiger partial charge in [-0.25, -0.2) is 0 Å². The Morgan fingerprint density at radius 1 is 1.40 bits per heavy atom. The minimum absolute atomic E-state index is 0.0277. The van der Waals surface area contributed by atoms with Gasteiger partial charge in [-0.3, -0.25) is 4.79 Å². The van der Waals surface area contributed by atoms with Crippen molar-refractivity contribution in [1.29, 1.82) is 0 Å². The lowest BCUT2D eigenvalue weighted by Gasteiger charge is -2.25. The van der Waals surface area contributed by atoms with Crippen LogP contribution in [0.15, 0.2) is 24.3 Å². The molecule has 20 heavy (non-hydrogen) atoms. The molecule has 1 aromatic rings. The number of hydrogen-bond acceptors (Lipinski definition) is 3. The quantitative estimate of drug-likeness (QED) is 0.780. The number of carbonyl (C=O) groups is 1. The van der Waals surface area contributed by atoms with Crippen molar-refractivity contribution < 1.29 is 14.6 Å². The molecule has 0 saturated heterocycles. The van der Waals surface area contributed by atoms with Gasteiger partial charge >= 0.3 is 0 Å². The van der Waals surface area contributed by atoms with Crippen LogP contribution in [-0.4, -0.2) is 41.7 Å². The van der Waals surface area contributed by atoms with Gasteiger partial charge in [0.1, 0.15) is 5.75 Å². The SMILES string of the molecule is Cc1cccc(OCCCC(=O)N(C)CC(C)(C)O)c1. The molecule has 0 fully saturated rings. The number of rotatable bonds is 7. The highest BCUT2D eigenvalue weighted by Crippen LogP contribution is 2.13. The Morgan fingerprint density at radius 2 is 2.10 bits per heavy atom. The lowest BCUT2D eigenvalue weighted by atomic mass is 10.1. The predicted molar refractivity (Wildman–Crippen MR) is 79.8 cm³/mol. The molecular formula is C16H25NO3. The van der Waals surface area contributed by atoms with E-state index >= 15 is 0 Å². The second-order valence-corrected chi connectivity index (χ2v) is 5.83. The van der Waals surface area contributed by atoms with Crippen LogP contribution in [0.25, 0.3) is 0 Å². The first-order valence-electron chi connectivity index (χ1n) is 6.94. The number of likely N-dealkylation sites (N-methyl/N-ethyl adjacent to an activating group) is 1. The number of nitrogens with zero attached hydrogens (tertiary/aromatic N) is 1. The maximum atomic E-state index is 11.8. The molecule has 4 heteroatoms. The molecule has 0 unspecified atom stereocenters. The first kappa shape index (κ1) is 16.5. The van der Waals surface area contributed by atoms with Crippen molar-refractivity contribution in [3.63, 3.8) is 0 Å². The summed E-state index contributed by atoms with van der Waals surface area (Å²) in [7, 11) is 1.71. The van der Waals surface area contributed by atoms with Crippen LogP contribution in [0.4, 0.5) is 0 Å². The zero-order valence-corrected chi connectivity index (χ0v) is 12.8. The van der Waals surface area contributed by atoms with Gasteiger partial charge in [0.15, 0.2) is 0 Å². The van der Waals surface area contributed by atoms with Crippen molar-refractivity contribution in [1.82, 2.24) is 4.90 Å². The summed E-state index contributed by atoms with van der Waals surface area (Å²) in [6, 6.07) is 7.85. The topological polar surface area (TPSA) is 49.8 Å². The average Bonchev–Trinajstić information content (AvgIpc) is 2.32. The summed E-state index contributed by atoms with van der Waals surface area (Å²) in [6.45, 7) is 6.26. The van der Waals surface area contributed by atoms with E-state index in [0.717, 1.165) is 11.3 Å². The van der Waals surface area contributed by atoms with Crippen molar-refractivity contribution in [2.24, 2.45) is 0 Å². The molecule has 1 amide bonds. The van der Waals surface area contributed by atoms with E-state index in [-0.39, 0.29) is 5.91 Å². The third-order valence-electron chi connectivity index (χ3n) is 2.84. The van der Waals surface area contributed by atoms with Crippen molar-refractivity contribution in [3.8, 4) is 5.75 Å². The van der Waals surface area contributed by atoms with Crippen LogP contribution in [0.1, 0.15) is 32.3 Å². The van der Waals surface area contributed by atoms with Crippen LogP contribution < -0.4 is 4.74 Å². The largest absolute Gasteiger partial charge is 0.494 e. The van der Waals surface area contributed by atoms with Crippen LogP contribution in [0, 0.1) is 6.92 Å². The molecule has 1 N–H and O–H groups in total. The molecule has 1 rings (SSSR count). The van der Waals surface area contributed by atoms with Gasteiger partial charge in [-0.05, 0) is 44.9 Å². The minimum Gasteiger partial charge on any atom is -0.494 e. The normalized spacial score (nSPS) is 11.2. The zero-order chi connectivity index (χ0) is 15.2. The van der Waals surface area contributed by atoms with Gasteiger partial charge in [-0.1, -0.05) is 12.1 Å². The molecule has 0 aliphatic heterocycles. The fraction of sp³-hybridized carbons (Fsp3) is 0.562. The van der Waals surface area contributed by atoms with Gasteiger partial charge in [-0.2, -0.15) is 0 Å². The van der Waals surface area contributed by atoms with Crippen LogP contribution in [0.2, 0.25) is 0 Å². The molecule has 0 aliphatic rings. The van der Waals surface area contributed by atoms with E-state index in [1.165, 1.54) is 0 Å². The Hall–Kier alpha value is -1.55. The van der Waals surface area contributed by atoms with E-state index in [2.05, 4.69) is 0 Å². The van der Waals surface area contributed by atoms with Crippen LogP contribution in [0.3, 0.4) is 0 Å². The lowest BCUT2D eigenvalue weighted by molar-refractivity contribution is -0.132. The molecule has 0 bridgehead atoms. The van der Waals surface area contributed by atoms with Gasteiger partial charge in [0.2, 0.25) is 5.91 Å². The smallest absolute Gasteiger partial charge is 0.222 e. The van der Waals surface area contributed by atoms with Gasteiger partial charge in [0.05, 0.1) is 12.2 Å². The van der Waals surface area contributed by atoms with E-state index in [4.69, 9.17) is 4.74 Å². The molecule has 4 nitrogen and oxygen atoms in total. The Labute approximate surface area is 121 Å². The summed E-state index contributed by atoms with van der Waals surface area (Å²) in [6.07, 6.45) is 1.10. The van der Waals surface area contributed by atoms with Crippen molar-refractivity contribution >= 4 is 5.91 Å². The number of carbonyl (C=O) groups excluding carboxylic acids is 1. The standard InChI is InChI=1S/C16H25NO3/c1-13-7-5-8-14(11-13)20-10-6-9-15(18)17(4)12-16(2,3)19/h5,7-8,11,19H,6,9-10,12H2,1-4H3. The molecule has 1 aromatic carbocycles. The summed E-state index contributed by atoms with van der Waals surface area (Å²) < 4.78 is 5.60. The number of aryl methyl sites for hydroxylation is 1. The number of amides is 1. The van der Waals surface area contributed by atoms with Gasteiger partial charge in [0.25, 0.3) is 0 Å². The maximum Gasteiger partial charge on any atom is 0.222 e. The molecule has 0 saturated carbocycles. The monoisotopic (exact) mass is 279 g/mol. The second-order valence-electron chi connectivity index (χ2n) is 5.83. The number of benzene rings is 1. The van der Waals surface area contributed by atoms with E-state index in [0.29, 0.717) is 26.0 Å². The Balaban J connectivity index is 2.25. The van der Waals surface area contributed by atoms with E-state index in [1.807, 2.05) is 31.2 Å². The summed E-state index contributed by atoms with van der Waals surface area (Å²) in [4.78, 5) is 13.4. The van der Waals surface area contributed by atoms with Crippen LogP contribution in [0.5, 0.6) is 5.75 Å². The Kier molecular flexibility index (Phi) is 6.02. The fourth-order valence-electron chi connectivity index (χ4n) is 1.98. The molecule has 0 heterocycles. The summed E-state index contributed by atoms with van der Waals surface area (Å²) in [5.41, 5.74) is 0.297. The number of aliphatic hydroxyl groups is 1. The molecule has 0 aliphatic carbocycles. The Bertz CT molecular complexity index is 438. The molecular weight excluding hydrogens is 254 g/mol. The predicted octanol–water partition coefficient (Wildman–Crippen LogP) is 2.38.